The van der Waals surface area contributed by atoms with Crippen LogP contribution >= 0.6 is 11.6 Å². The minimum Gasteiger partial charge on any atom is -0.488 e. The fourth-order valence-electron chi connectivity index (χ4n) is 2.13. The van der Waals surface area contributed by atoms with Crippen LogP contribution in [0.4, 0.5) is 5.69 Å². The quantitative estimate of drug-likeness (QED) is 0.555. The summed E-state index contributed by atoms with van der Waals surface area (Å²) in [4.78, 5) is 4.47. The first kappa shape index (κ1) is 15.3. The van der Waals surface area contributed by atoms with Crippen molar-refractivity contribution in [2.75, 3.05) is 0 Å². The third-order valence-corrected chi connectivity index (χ3v) is 3.59. The van der Waals surface area contributed by atoms with Crippen LogP contribution in [-0.2, 0) is 6.61 Å². The molecule has 0 radical (unpaired) electrons. The molecule has 0 saturated carbocycles. The predicted octanol–water partition coefficient (Wildman–Crippen LogP) is 5.67. The molecule has 3 rings (SSSR count). The summed E-state index contributed by atoms with van der Waals surface area (Å²) in [6, 6.07) is 25.4. The lowest BCUT2D eigenvalue weighted by Crippen LogP contribution is -1.97. The Bertz CT molecular complexity index is 782. The van der Waals surface area contributed by atoms with Gasteiger partial charge in [0.1, 0.15) is 12.4 Å². The minimum atomic E-state index is 0.534. The molecule has 0 fully saturated rings. The summed E-state index contributed by atoms with van der Waals surface area (Å²) >= 11 is 5.88. The van der Waals surface area contributed by atoms with E-state index < -0.39 is 0 Å². The molecule has 3 aromatic rings. The van der Waals surface area contributed by atoms with Crippen molar-refractivity contribution in [2.24, 2.45) is 4.99 Å². The molecule has 0 aliphatic heterocycles. The minimum absolute atomic E-state index is 0.534. The summed E-state index contributed by atoms with van der Waals surface area (Å²) in [7, 11) is 0. The van der Waals surface area contributed by atoms with Crippen molar-refractivity contribution >= 4 is 23.5 Å². The highest BCUT2D eigenvalue weighted by molar-refractivity contribution is 6.30. The largest absolute Gasteiger partial charge is 0.488 e. The average molecular weight is 322 g/mol. The number of para-hydroxylation sites is 1. The lowest BCUT2D eigenvalue weighted by Gasteiger charge is -2.08. The zero-order valence-corrected chi connectivity index (χ0v) is 13.3. The molecule has 0 heterocycles. The van der Waals surface area contributed by atoms with E-state index in [4.69, 9.17) is 16.3 Å². The van der Waals surface area contributed by atoms with E-state index in [2.05, 4.69) is 4.99 Å². The van der Waals surface area contributed by atoms with Crippen LogP contribution in [0, 0.1) is 0 Å². The second-order valence-electron chi connectivity index (χ2n) is 5.05. The van der Waals surface area contributed by atoms with Crippen molar-refractivity contribution in [3.63, 3.8) is 0 Å². The molecule has 3 heteroatoms. The Hall–Kier alpha value is -2.58. The normalized spacial score (nSPS) is 10.8. The zero-order chi connectivity index (χ0) is 15.9. The number of hydrogen-bond donors (Lipinski definition) is 0. The van der Waals surface area contributed by atoms with Gasteiger partial charge in [-0.15, -0.1) is 0 Å². The van der Waals surface area contributed by atoms with Gasteiger partial charge in [0.15, 0.2) is 0 Å². The first-order valence-corrected chi connectivity index (χ1v) is 7.74. The first-order chi connectivity index (χ1) is 11.3. The Kier molecular flexibility index (Phi) is 5.07. The second kappa shape index (κ2) is 7.61. The van der Waals surface area contributed by atoms with Crippen molar-refractivity contribution in [1.29, 1.82) is 0 Å². The summed E-state index contributed by atoms with van der Waals surface area (Å²) in [6.07, 6.45) is 1.81. The fourth-order valence-corrected chi connectivity index (χ4v) is 2.25. The van der Waals surface area contributed by atoms with Crippen LogP contribution in [0.3, 0.4) is 0 Å². The van der Waals surface area contributed by atoms with Crippen LogP contribution in [0.5, 0.6) is 5.75 Å². The van der Waals surface area contributed by atoms with Crippen LogP contribution < -0.4 is 4.74 Å². The summed E-state index contributed by atoms with van der Waals surface area (Å²) in [5.41, 5.74) is 2.93. The van der Waals surface area contributed by atoms with E-state index >= 15 is 0 Å². The summed E-state index contributed by atoms with van der Waals surface area (Å²) < 4.78 is 5.92. The molecule has 0 bridgehead atoms. The third kappa shape index (κ3) is 4.44. The van der Waals surface area contributed by atoms with Gasteiger partial charge in [-0.1, -0.05) is 54.1 Å². The van der Waals surface area contributed by atoms with E-state index in [0.29, 0.717) is 11.6 Å². The zero-order valence-electron chi connectivity index (χ0n) is 12.5. The van der Waals surface area contributed by atoms with Crippen molar-refractivity contribution in [3.8, 4) is 5.75 Å². The van der Waals surface area contributed by atoms with Gasteiger partial charge >= 0.3 is 0 Å². The van der Waals surface area contributed by atoms with E-state index in [-0.39, 0.29) is 0 Å². The Morgan fingerprint density at radius 1 is 0.826 bits per heavy atom. The number of nitrogens with zero attached hydrogens (tertiary/aromatic N) is 1. The molecule has 0 aliphatic rings. The molecular formula is C20H16ClNO. The molecule has 0 amide bonds. The second-order valence-corrected chi connectivity index (χ2v) is 5.48. The molecule has 114 valence electrons. The Balaban J connectivity index is 1.73. The number of rotatable bonds is 5. The molecule has 0 aliphatic carbocycles. The SMILES string of the molecule is Clc1ccc(N=Cc2ccccc2OCc2ccccc2)cc1. The van der Waals surface area contributed by atoms with Gasteiger partial charge in [0, 0.05) is 16.8 Å². The molecule has 23 heavy (non-hydrogen) atoms. The van der Waals surface area contributed by atoms with Crippen molar-refractivity contribution in [1.82, 2.24) is 0 Å². The molecule has 0 atom stereocenters. The van der Waals surface area contributed by atoms with Gasteiger partial charge < -0.3 is 4.74 Å². The van der Waals surface area contributed by atoms with Gasteiger partial charge in [0.25, 0.3) is 0 Å². The van der Waals surface area contributed by atoms with Gasteiger partial charge in [-0.25, -0.2) is 0 Å². The van der Waals surface area contributed by atoms with Crippen molar-refractivity contribution < 1.29 is 4.74 Å². The van der Waals surface area contributed by atoms with Gasteiger partial charge in [0.2, 0.25) is 0 Å². The number of benzene rings is 3. The highest BCUT2D eigenvalue weighted by Crippen LogP contribution is 2.20. The van der Waals surface area contributed by atoms with Crippen LogP contribution in [-0.4, -0.2) is 6.21 Å². The van der Waals surface area contributed by atoms with E-state index in [1.165, 1.54) is 0 Å². The molecule has 2 nitrogen and oxygen atoms in total. The lowest BCUT2D eigenvalue weighted by atomic mass is 10.2. The maximum atomic E-state index is 5.92. The smallest absolute Gasteiger partial charge is 0.128 e. The maximum absolute atomic E-state index is 5.92. The first-order valence-electron chi connectivity index (χ1n) is 7.37. The lowest BCUT2D eigenvalue weighted by molar-refractivity contribution is 0.306. The van der Waals surface area contributed by atoms with Crippen LogP contribution in [0.25, 0.3) is 0 Å². The highest BCUT2D eigenvalue weighted by Gasteiger charge is 2.01. The topological polar surface area (TPSA) is 21.6 Å². The molecular weight excluding hydrogens is 306 g/mol. The number of hydrogen-bond acceptors (Lipinski definition) is 2. The number of aliphatic imine (C=N–C) groups is 1. The van der Waals surface area contributed by atoms with E-state index in [1.54, 1.807) is 0 Å². The van der Waals surface area contributed by atoms with Crippen LogP contribution in [0.1, 0.15) is 11.1 Å². The standard InChI is InChI=1S/C20H16ClNO/c21-18-10-12-19(13-11-18)22-14-17-8-4-5-9-20(17)23-15-16-6-2-1-3-7-16/h1-14H,15H2. The third-order valence-electron chi connectivity index (χ3n) is 3.34. The van der Waals surface area contributed by atoms with Gasteiger partial charge in [-0.05, 0) is 42.0 Å². The Morgan fingerprint density at radius 2 is 1.52 bits per heavy atom. The molecule has 0 aromatic heterocycles. The predicted molar refractivity (Wildman–Crippen MR) is 95.9 cm³/mol. The highest BCUT2D eigenvalue weighted by atomic mass is 35.5. The molecule has 0 spiro atoms. The summed E-state index contributed by atoms with van der Waals surface area (Å²) in [6.45, 7) is 0.534. The molecule has 0 unspecified atom stereocenters. The fraction of sp³-hybridized carbons (Fsp3) is 0.0500. The number of ether oxygens (including phenoxy) is 1. The summed E-state index contributed by atoms with van der Waals surface area (Å²) in [5.74, 6) is 0.814. The summed E-state index contributed by atoms with van der Waals surface area (Å²) in [5, 5.41) is 0.704. The monoisotopic (exact) mass is 321 g/mol. The maximum Gasteiger partial charge on any atom is 0.128 e. The van der Waals surface area contributed by atoms with Crippen molar-refractivity contribution in [3.05, 3.63) is 95.0 Å². The average Bonchev–Trinajstić information content (AvgIpc) is 2.61. The van der Waals surface area contributed by atoms with Gasteiger partial charge in [-0.3, -0.25) is 4.99 Å². The molecule has 3 aromatic carbocycles. The van der Waals surface area contributed by atoms with E-state index in [0.717, 1.165) is 22.6 Å². The van der Waals surface area contributed by atoms with Crippen LogP contribution in [0.15, 0.2) is 83.9 Å². The van der Waals surface area contributed by atoms with Crippen molar-refractivity contribution in [2.45, 2.75) is 6.61 Å². The van der Waals surface area contributed by atoms with Gasteiger partial charge in [0.05, 0.1) is 5.69 Å². The molecule has 0 saturated heterocycles. The number of halogens is 1. The van der Waals surface area contributed by atoms with E-state index in [1.807, 2.05) is 85.1 Å². The Morgan fingerprint density at radius 3 is 2.30 bits per heavy atom. The Labute approximate surface area is 141 Å². The van der Waals surface area contributed by atoms with Gasteiger partial charge in [-0.2, -0.15) is 0 Å². The van der Waals surface area contributed by atoms with E-state index in [9.17, 15) is 0 Å². The molecule has 0 N–H and O–H groups in total. The van der Waals surface area contributed by atoms with Crippen LogP contribution in [0.2, 0.25) is 5.02 Å².